The maximum atomic E-state index is 13.2. The third-order valence-corrected chi connectivity index (χ3v) is 6.66. The number of hydrogen-bond acceptors (Lipinski definition) is 5. The molecule has 4 fully saturated rings. The lowest BCUT2D eigenvalue weighted by atomic mass is 9.91. The van der Waals surface area contributed by atoms with E-state index >= 15 is 0 Å². The molecule has 0 aromatic carbocycles. The quantitative estimate of drug-likeness (QED) is 0.725. The number of nitrogens with zero attached hydrogens (tertiary/aromatic N) is 3. The van der Waals surface area contributed by atoms with E-state index in [9.17, 15) is 9.59 Å². The molecule has 3 aliphatic heterocycles. The summed E-state index contributed by atoms with van der Waals surface area (Å²) in [6.07, 6.45) is 6.52. The van der Waals surface area contributed by atoms with Gasteiger partial charge in [-0.15, -0.1) is 0 Å². The number of hydrogen-bond donors (Lipinski definition) is 0. The number of carbonyl (C=O) groups excluding carboxylic acids is 2. The number of likely N-dealkylation sites (tertiary alicyclic amines) is 1. The topological polar surface area (TPSA) is 62.3 Å². The van der Waals surface area contributed by atoms with Crippen LogP contribution in [0.4, 0.5) is 0 Å². The fourth-order valence-electron chi connectivity index (χ4n) is 4.86. The van der Waals surface area contributed by atoms with Crippen molar-refractivity contribution in [3.8, 4) is 0 Å². The van der Waals surface area contributed by atoms with Gasteiger partial charge in [0.2, 0.25) is 11.8 Å². The lowest BCUT2D eigenvalue weighted by Crippen LogP contribution is -2.48. The van der Waals surface area contributed by atoms with Crippen LogP contribution in [-0.2, 0) is 19.1 Å². The normalized spacial score (nSPS) is 33.1. The van der Waals surface area contributed by atoms with Gasteiger partial charge in [0.05, 0.1) is 18.8 Å². The average molecular weight is 380 g/mol. The fraction of sp³-hybridized carbons (Fsp3) is 0.900. The Morgan fingerprint density at radius 2 is 1.85 bits per heavy atom. The van der Waals surface area contributed by atoms with E-state index in [1.807, 2.05) is 4.90 Å². The Morgan fingerprint density at radius 1 is 1.00 bits per heavy atom. The minimum absolute atomic E-state index is 0.0342. The molecular weight excluding hydrogens is 346 g/mol. The van der Waals surface area contributed by atoms with E-state index in [1.165, 1.54) is 19.3 Å². The predicted octanol–water partition coefficient (Wildman–Crippen LogP) is 0.868. The van der Waals surface area contributed by atoms with Gasteiger partial charge in [-0.1, -0.05) is 6.42 Å². The average Bonchev–Trinajstić information content (AvgIpc) is 3.19. The zero-order valence-corrected chi connectivity index (χ0v) is 16.5. The van der Waals surface area contributed by atoms with Gasteiger partial charge in [-0.25, -0.2) is 0 Å². The molecule has 3 atom stereocenters. The molecule has 0 spiro atoms. The highest BCUT2D eigenvalue weighted by Gasteiger charge is 2.42. The van der Waals surface area contributed by atoms with Crippen LogP contribution < -0.4 is 0 Å². The van der Waals surface area contributed by atoms with Gasteiger partial charge < -0.3 is 19.3 Å². The summed E-state index contributed by atoms with van der Waals surface area (Å²) in [4.78, 5) is 31.7. The summed E-state index contributed by atoms with van der Waals surface area (Å²) >= 11 is 0. The summed E-state index contributed by atoms with van der Waals surface area (Å²) < 4.78 is 11.5. The Kier molecular flexibility index (Phi) is 5.99. The summed E-state index contributed by atoms with van der Waals surface area (Å²) in [5, 5.41) is 0. The fourth-order valence-corrected chi connectivity index (χ4v) is 4.86. The van der Waals surface area contributed by atoms with Crippen LogP contribution in [0.3, 0.4) is 0 Å². The summed E-state index contributed by atoms with van der Waals surface area (Å²) in [6.45, 7) is 7.06. The van der Waals surface area contributed by atoms with E-state index in [-0.39, 0.29) is 30.1 Å². The van der Waals surface area contributed by atoms with E-state index < -0.39 is 0 Å². The van der Waals surface area contributed by atoms with Gasteiger partial charge in [-0.2, -0.15) is 0 Å². The molecule has 0 N–H and O–H groups in total. The summed E-state index contributed by atoms with van der Waals surface area (Å²) in [7, 11) is 0. The van der Waals surface area contributed by atoms with Crippen molar-refractivity contribution < 1.29 is 19.1 Å². The molecule has 1 saturated carbocycles. The molecule has 0 radical (unpaired) electrons. The third-order valence-electron chi connectivity index (χ3n) is 6.66. The van der Waals surface area contributed by atoms with E-state index in [4.69, 9.17) is 9.47 Å². The SMILES string of the molecule is CC(=O)N1C[C@@H](OC2CCOC2)C[C@@H]1C(=O)N1CCCN(C2CCC2)CC1. The Balaban J connectivity index is 1.35. The van der Waals surface area contributed by atoms with Crippen molar-refractivity contribution in [3.05, 3.63) is 0 Å². The van der Waals surface area contributed by atoms with Crippen LogP contribution in [0.2, 0.25) is 0 Å². The van der Waals surface area contributed by atoms with E-state index in [1.54, 1.807) is 11.8 Å². The second-order valence-corrected chi connectivity index (χ2v) is 8.47. The van der Waals surface area contributed by atoms with Crippen LogP contribution >= 0.6 is 0 Å². The molecule has 3 saturated heterocycles. The van der Waals surface area contributed by atoms with E-state index in [2.05, 4.69) is 4.90 Å². The molecule has 152 valence electrons. The van der Waals surface area contributed by atoms with Gasteiger partial charge >= 0.3 is 0 Å². The molecule has 0 bridgehead atoms. The first-order chi connectivity index (χ1) is 13.1. The van der Waals surface area contributed by atoms with Gasteiger partial charge in [-0.3, -0.25) is 14.5 Å². The van der Waals surface area contributed by atoms with Crippen LogP contribution in [0.1, 0.15) is 45.4 Å². The molecule has 0 aromatic heterocycles. The minimum Gasteiger partial charge on any atom is -0.379 e. The third kappa shape index (κ3) is 4.30. The first-order valence-corrected chi connectivity index (χ1v) is 10.6. The van der Waals surface area contributed by atoms with Crippen molar-refractivity contribution in [1.82, 2.24) is 14.7 Å². The molecule has 4 aliphatic rings. The highest BCUT2D eigenvalue weighted by molar-refractivity contribution is 5.87. The highest BCUT2D eigenvalue weighted by Crippen LogP contribution is 2.28. The standard InChI is InChI=1S/C20H33N3O4/c1-15(24)23-13-18(27-17-6-11-26-14-17)12-19(23)20(25)22-8-3-7-21(9-10-22)16-4-2-5-16/h16-19H,2-14H2,1H3/t17?,18-,19+/m0/s1. The molecule has 3 heterocycles. The number of amides is 2. The van der Waals surface area contributed by atoms with E-state index in [0.29, 0.717) is 19.6 Å². The maximum absolute atomic E-state index is 13.2. The molecule has 1 aliphatic carbocycles. The largest absolute Gasteiger partial charge is 0.379 e. The van der Waals surface area contributed by atoms with Gasteiger partial charge in [0, 0.05) is 58.7 Å². The Bertz CT molecular complexity index is 547. The number of ether oxygens (including phenoxy) is 2. The summed E-state index contributed by atoms with van der Waals surface area (Å²) in [6, 6.07) is 0.358. The summed E-state index contributed by atoms with van der Waals surface area (Å²) in [5.41, 5.74) is 0. The van der Waals surface area contributed by atoms with Crippen LogP contribution in [0, 0.1) is 0 Å². The van der Waals surface area contributed by atoms with Crippen molar-refractivity contribution in [2.75, 3.05) is 45.9 Å². The Hall–Kier alpha value is -1.18. The zero-order chi connectivity index (χ0) is 18.8. The smallest absolute Gasteiger partial charge is 0.245 e. The lowest BCUT2D eigenvalue weighted by Gasteiger charge is -2.36. The first kappa shape index (κ1) is 19.2. The lowest BCUT2D eigenvalue weighted by molar-refractivity contribution is -0.142. The van der Waals surface area contributed by atoms with Crippen LogP contribution in [-0.4, -0.2) is 96.7 Å². The van der Waals surface area contributed by atoms with E-state index in [0.717, 1.165) is 51.7 Å². The second-order valence-electron chi connectivity index (χ2n) is 8.47. The number of carbonyl (C=O) groups is 2. The minimum atomic E-state index is -0.370. The maximum Gasteiger partial charge on any atom is 0.245 e. The van der Waals surface area contributed by atoms with Gasteiger partial charge in [0.25, 0.3) is 0 Å². The van der Waals surface area contributed by atoms with Crippen LogP contribution in [0.15, 0.2) is 0 Å². The number of rotatable bonds is 4. The molecule has 7 nitrogen and oxygen atoms in total. The van der Waals surface area contributed by atoms with Crippen molar-refractivity contribution >= 4 is 11.8 Å². The molecule has 27 heavy (non-hydrogen) atoms. The molecule has 2 amide bonds. The monoisotopic (exact) mass is 379 g/mol. The second kappa shape index (κ2) is 8.45. The van der Waals surface area contributed by atoms with Crippen molar-refractivity contribution in [1.29, 1.82) is 0 Å². The predicted molar refractivity (Wildman–Crippen MR) is 100 cm³/mol. The van der Waals surface area contributed by atoms with Gasteiger partial charge in [0.1, 0.15) is 6.04 Å². The highest BCUT2D eigenvalue weighted by atomic mass is 16.6. The molecule has 7 heteroatoms. The van der Waals surface area contributed by atoms with Crippen molar-refractivity contribution in [2.45, 2.75) is 69.7 Å². The molecule has 4 rings (SSSR count). The first-order valence-electron chi connectivity index (χ1n) is 10.6. The molecule has 0 aromatic rings. The Labute approximate surface area is 161 Å². The zero-order valence-electron chi connectivity index (χ0n) is 16.5. The van der Waals surface area contributed by atoms with Gasteiger partial charge in [0.15, 0.2) is 0 Å². The van der Waals surface area contributed by atoms with Gasteiger partial charge in [-0.05, 0) is 25.7 Å². The molecular formula is C20H33N3O4. The van der Waals surface area contributed by atoms with Crippen LogP contribution in [0.25, 0.3) is 0 Å². The van der Waals surface area contributed by atoms with Crippen molar-refractivity contribution in [3.63, 3.8) is 0 Å². The van der Waals surface area contributed by atoms with Crippen LogP contribution in [0.5, 0.6) is 0 Å². The summed E-state index contributed by atoms with van der Waals surface area (Å²) in [5.74, 6) is 0.0717. The van der Waals surface area contributed by atoms with Crippen molar-refractivity contribution in [2.24, 2.45) is 0 Å². The molecule has 1 unspecified atom stereocenters. The Morgan fingerprint density at radius 3 is 2.52 bits per heavy atom.